The van der Waals surface area contributed by atoms with Crippen LogP contribution in [0.1, 0.15) is 26.7 Å². The third-order valence-corrected chi connectivity index (χ3v) is 13.9. The summed E-state index contributed by atoms with van der Waals surface area (Å²) in [6.45, 7) is 5.76. The monoisotopic (exact) mass is 290 g/mol. The molecule has 0 N–H and O–H groups in total. The smallest absolute Gasteiger partial charge is 0.0224 e. The van der Waals surface area contributed by atoms with Crippen molar-refractivity contribution in [1.82, 2.24) is 0 Å². The van der Waals surface area contributed by atoms with Crippen LogP contribution in [0.15, 0.2) is 0 Å². The molecule has 22 heavy (non-hydrogen) atoms. The minimum atomic E-state index is 0.863. The standard InChI is InChI=1S/C22H26/c1-21-15-5-3-7-11-9(5)17(21)13-14-18(21)10-6(15)4-8-12(10)20(14)22(2,16(7)8)19(11)13/h5-20H,3-4H2,1-2H3/t5-,6-,7-,8+,9+,10+,11+,12-,13?,14?,15?,16?,17+,18-,19+,20-,21?,22?/m1/s1. The minimum absolute atomic E-state index is 0.863. The van der Waals surface area contributed by atoms with Crippen molar-refractivity contribution < 1.29 is 0 Å². The van der Waals surface area contributed by atoms with Crippen LogP contribution < -0.4 is 0 Å². The summed E-state index contributed by atoms with van der Waals surface area (Å²) in [5, 5.41) is 0. The Bertz CT molecular complexity index is 624. The number of rotatable bonds is 0. The van der Waals surface area contributed by atoms with Crippen LogP contribution in [0.5, 0.6) is 0 Å². The first-order valence-corrected chi connectivity index (χ1v) is 10.7. The van der Waals surface area contributed by atoms with Gasteiger partial charge in [0.25, 0.3) is 0 Å². The van der Waals surface area contributed by atoms with E-state index < -0.39 is 0 Å². The Kier molecular flexibility index (Phi) is 1.00. The highest BCUT2D eigenvalue weighted by atomic mass is 15.0. The van der Waals surface area contributed by atoms with E-state index in [1.807, 2.05) is 0 Å². The molecule has 0 aromatic rings. The van der Waals surface area contributed by atoms with Crippen LogP contribution in [0, 0.1) is 106 Å². The lowest BCUT2D eigenvalue weighted by Crippen LogP contribution is -2.39. The zero-order valence-electron chi connectivity index (χ0n) is 13.7. The number of hydrogen-bond donors (Lipinski definition) is 0. The van der Waals surface area contributed by atoms with Gasteiger partial charge in [0, 0.05) is 0 Å². The Morgan fingerprint density at radius 1 is 0.455 bits per heavy atom. The first kappa shape index (κ1) is 10.1. The van der Waals surface area contributed by atoms with Gasteiger partial charge in [0.15, 0.2) is 0 Å². The van der Waals surface area contributed by atoms with Crippen LogP contribution in [-0.4, -0.2) is 0 Å². The van der Waals surface area contributed by atoms with Gasteiger partial charge >= 0.3 is 0 Å². The Morgan fingerprint density at radius 2 is 0.773 bits per heavy atom. The molecule has 18 atom stereocenters. The summed E-state index contributed by atoms with van der Waals surface area (Å²) in [5.74, 6) is 19.9. The summed E-state index contributed by atoms with van der Waals surface area (Å²) >= 11 is 0. The summed E-state index contributed by atoms with van der Waals surface area (Å²) in [5.41, 5.74) is 1.73. The average molecular weight is 290 g/mol. The topological polar surface area (TPSA) is 0 Å². The summed E-state index contributed by atoms with van der Waals surface area (Å²) in [6.07, 6.45) is 3.46. The van der Waals surface area contributed by atoms with E-state index in [9.17, 15) is 0 Å². The molecule has 10 saturated carbocycles. The van der Waals surface area contributed by atoms with E-state index in [1.165, 1.54) is 94.7 Å². The second-order valence-electron chi connectivity index (χ2n) is 12.5. The van der Waals surface area contributed by atoms with Gasteiger partial charge < -0.3 is 0 Å². The summed E-state index contributed by atoms with van der Waals surface area (Å²) in [6, 6.07) is 0. The van der Waals surface area contributed by atoms with Crippen molar-refractivity contribution in [2.24, 2.45) is 106 Å². The SMILES string of the molecule is CC12C3[C@@H]4C[C@@H]5C6[C@@H]7C[C@@H]3[C@H]3[C@H]7[C@H]7C(C8[C@H]1[C@@H]4[C@@H]5[C@H]8C67C)[C@H]32. The van der Waals surface area contributed by atoms with E-state index in [0.717, 1.165) is 10.8 Å². The van der Waals surface area contributed by atoms with Gasteiger partial charge in [0.1, 0.15) is 0 Å². The summed E-state index contributed by atoms with van der Waals surface area (Å²) < 4.78 is 0. The van der Waals surface area contributed by atoms with Gasteiger partial charge in [-0.2, -0.15) is 0 Å². The fourth-order valence-corrected chi connectivity index (χ4v) is 15.5. The maximum absolute atomic E-state index is 2.88. The molecule has 10 aliphatic carbocycles. The average Bonchev–Trinajstić information content (AvgIpc) is 3.16. The third kappa shape index (κ3) is 0.501. The van der Waals surface area contributed by atoms with E-state index in [4.69, 9.17) is 0 Å². The fraction of sp³-hybridized carbons (Fsp3) is 1.00. The molecule has 0 amide bonds. The van der Waals surface area contributed by atoms with Gasteiger partial charge in [-0.25, -0.2) is 0 Å². The molecule has 0 aliphatic heterocycles. The highest BCUT2D eigenvalue weighted by Gasteiger charge is 2.97. The van der Waals surface area contributed by atoms with Crippen LogP contribution >= 0.6 is 0 Å². The largest absolute Gasteiger partial charge is 0.0588 e. The Hall–Kier alpha value is 0. The summed E-state index contributed by atoms with van der Waals surface area (Å²) in [4.78, 5) is 0. The molecule has 0 heterocycles. The molecule has 0 saturated heterocycles. The quantitative estimate of drug-likeness (QED) is 0.637. The molecule has 0 aromatic heterocycles. The van der Waals surface area contributed by atoms with Crippen LogP contribution in [0.2, 0.25) is 0 Å². The zero-order chi connectivity index (χ0) is 13.7. The van der Waals surface area contributed by atoms with Gasteiger partial charge in [-0.1, -0.05) is 13.8 Å². The van der Waals surface area contributed by atoms with Crippen molar-refractivity contribution in [3.05, 3.63) is 0 Å². The van der Waals surface area contributed by atoms with E-state index >= 15 is 0 Å². The number of hydrogen-bond acceptors (Lipinski definition) is 0. The zero-order valence-corrected chi connectivity index (χ0v) is 13.7. The lowest BCUT2D eigenvalue weighted by molar-refractivity contribution is 0.0391. The molecule has 0 bridgehead atoms. The van der Waals surface area contributed by atoms with Crippen LogP contribution in [0.3, 0.4) is 0 Å². The van der Waals surface area contributed by atoms with Crippen LogP contribution in [-0.2, 0) is 0 Å². The minimum Gasteiger partial charge on any atom is -0.0588 e. The number of fused-ring (bicyclic) bond motifs is 4. The van der Waals surface area contributed by atoms with Crippen LogP contribution in [0.4, 0.5) is 0 Å². The Balaban J connectivity index is 1.50. The van der Waals surface area contributed by atoms with Crippen molar-refractivity contribution in [1.29, 1.82) is 0 Å². The van der Waals surface area contributed by atoms with Crippen molar-refractivity contribution in [2.45, 2.75) is 26.7 Å². The first-order valence-electron chi connectivity index (χ1n) is 10.7. The highest BCUT2D eigenvalue weighted by molar-refractivity contribution is 5.44. The molecule has 10 aliphatic rings. The molecule has 0 radical (unpaired) electrons. The molecule has 0 aromatic carbocycles. The van der Waals surface area contributed by atoms with Crippen molar-refractivity contribution in [3.8, 4) is 0 Å². The molecule has 0 spiro atoms. The fourth-order valence-electron chi connectivity index (χ4n) is 15.5. The van der Waals surface area contributed by atoms with Gasteiger partial charge in [0.05, 0.1) is 0 Å². The van der Waals surface area contributed by atoms with E-state index in [0.29, 0.717) is 0 Å². The molecular weight excluding hydrogens is 264 g/mol. The lowest BCUT2D eigenvalue weighted by atomic mass is 9.61. The van der Waals surface area contributed by atoms with Crippen molar-refractivity contribution in [3.63, 3.8) is 0 Å². The predicted octanol–water partition coefficient (Wildman–Crippen LogP) is 3.77. The van der Waals surface area contributed by atoms with Gasteiger partial charge in [-0.15, -0.1) is 0 Å². The molecule has 114 valence electrons. The van der Waals surface area contributed by atoms with Gasteiger partial charge in [-0.05, 0) is 118 Å². The second kappa shape index (κ2) is 2.19. The maximum Gasteiger partial charge on any atom is -0.0224 e. The predicted molar refractivity (Wildman–Crippen MR) is 81.3 cm³/mol. The third-order valence-electron chi connectivity index (χ3n) is 13.9. The van der Waals surface area contributed by atoms with Crippen LogP contribution in [0.25, 0.3) is 0 Å². The van der Waals surface area contributed by atoms with E-state index in [2.05, 4.69) is 13.8 Å². The Labute approximate surface area is 132 Å². The van der Waals surface area contributed by atoms with Crippen molar-refractivity contribution in [2.75, 3.05) is 0 Å². The lowest BCUT2D eigenvalue weighted by Gasteiger charge is -2.43. The second-order valence-corrected chi connectivity index (χ2v) is 12.5. The van der Waals surface area contributed by atoms with Gasteiger partial charge in [-0.3, -0.25) is 0 Å². The molecule has 10 rings (SSSR count). The molecule has 10 fully saturated rings. The molecule has 0 nitrogen and oxygen atoms in total. The normalized spacial score (nSPS) is 98.5. The maximum atomic E-state index is 2.88. The Morgan fingerprint density at radius 3 is 1.09 bits per heavy atom. The highest BCUT2D eigenvalue weighted by Crippen LogP contribution is 3.01. The van der Waals surface area contributed by atoms with E-state index in [-0.39, 0.29) is 0 Å². The van der Waals surface area contributed by atoms with Crippen molar-refractivity contribution >= 4 is 0 Å². The van der Waals surface area contributed by atoms with E-state index in [1.54, 1.807) is 12.8 Å². The molecule has 6 unspecified atom stereocenters. The first-order chi connectivity index (χ1) is 10.7. The molecular formula is C22H26. The van der Waals surface area contributed by atoms with Gasteiger partial charge in [0.2, 0.25) is 0 Å². The summed E-state index contributed by atoms with van der Waals surface area (Å²) in [7, 11) is 0. The molecule has 0 heteroatoms.